The van der Waals surface area contributed by atoms with Gasteiger partial charge in [0.2, 0.25) is 5.91 Å². The first-order chi connectivity index (χ1) is 13.0. The first-order valence-electron chi connectivity index (χ1n) is 9.42. The Labute approximate surface area is 164 Å². The lowest BCUT2D eigenvalue weighted by Gasteiger charge is -2.20. The molecule has 0 atom stereocenters. The van der Waals surface area contributed by atoms with Crippen LogP contribution in [0.2, 0.25) is 0 Å². The average Bonchev–Trinajstić information content (AvgIpc) is 2.85. The minimum absolute atomic E-state index is 0.0703. The summed E-state index contributed by atoms with van der Waals surface area (Å²) in [6.45, 7) is 8.90. The molecule has 2 aromatic rings. The van der Waals surface area contributed by atoms with E-state index >= 15 is 0 Å². The van der Waals surface area contributed by atoms with Gasteiger partial charge in [0.05, 0.1) is 11.3 Å². The largest absolute Gasteiger partial charge is 0.416 e. The molecule has 7 heteroatoms. The van der Waals surface area contributed by atoms with Crippen molar-refractivity contribution in [3.05, 3.63) is 52.3 Å². The van der Waals surface area contributed by atoms with Crippen LogP contribution >= 0.6 is 0 Å². The second-order valence-corrected chi connectivity index (χ2v) is 7.63. The van der Waals surface area contributed by atoms with Crippen molar-refractivity contribution in [2.45, 2.75) is 59.8 Å². The lowest BCUT2D eigenvalue weighted by molar-refractivity contribution is -0.139. The van der Waals surface area contributed by atoms with Crippen molar-refractivity contribution in [1.29, 1.82) is 0 Å². The Kier molecular flexibility index (Phi) is 6.91. The van der Waals surface area contributed by atoms with E-state index in [1.165, 1.54) is 24.1 Å². The molecule has 0 aliphatic carbocycles. The highest BCUT2D eigenvalue weighted by atomic mass is 19.4. The summed E-state index contributed by atoms with van der Waals surface area (Å²) in [5.41, 5.74) is 2.39. The van der Waals surface area contributed by atoms with Crippen molar-refractivity contribution in [2.24, 2.45) is 5.92 Å². The number of hydrogen-bond donors (Lipinski definition) is 0. The highest BCUT2D eigenvalue weighted by Gasteiger charge is 2.33. The van der Waals surface area contributed by atoms with Crippen LogP contribution in [-0.4, -0.2) is 27.6 Å². The summed E-state index contributed by atoms with van der Waals surface area (Å²) >= 11 is 0. The highest BCUT2D eigenvalue weighted by molar-refractivity contribution is 5.76. The Morgan fingerprint density at radius 1 is 1.21 bits per heavy atom. The number of halogens is 3. The second kappa shape index (κ2) is 8.80. The number of hydrogen-bond acceptors (Lipinski definition) is 2. The van der Waals surface area contributed by atoms with E-state index in [9.17, 15) is 18.0 Å². The molecule has 0 bridgehead atoms. The lowest BCUT2D eigenvalue weighted by atomic mass is 10.1. The molecule has 28 heavy (non-hydrogen) atoms. The van der Waals surface area contributed by atoms with Crippen LogP contribution in [0.25, 0.3) is 0 Å². The molecule has 1 aromatic carbocycles. The van der Waals surface area contributed by atoms with Gasteiger partial charge in [-0.3, -0.25) is 9.48 Å². The van der Waals surface area contributed by atoms with E-state index in [0.29, 0.717) is 12.3 Å². The SMILES string of the molecule is Cc1nn(CC(C)C)c(C)c1CCC(=O)N(C)Cc1ccccc1C(F)(F)F. The Morgan fingerprint density at radius 3 is 2.46 bits per heavy atom. The number of alkyl halides is 3. The van der Waals surface area contributed by atoms with E-state index in [4.69, 9.17) is 0 Å². The van der Waals surface area contributed by atoms with Gasteiger partial charge in [-0.1, -0.05) is 32.0 Å². The van der Waals surface area contributed by atoms with E-state index in [1.54, 1.807) is 6.07 Å². The fourth-order valence-electron chi connectivity index (χ4n) is 3.32. The van der Waals surface area contributed by atoms with Crippen LogP contribution in [0.5, 0.6) is 0 Å². The molecule has 0 spiro atoms. The molecular weight excluding hydrogens is 367 g/mol. The van der Waals surface area contributed by atoms with Gasteiger partial charge in [-0.05, 0) is 43.4 Å². The predicted molar refractivity (Wildman–Crippen MR) is 103 cm³/mol. The van der Waals surface area contributed by atoms with Crippen molar-refractivity contribution in [3.8, 4) is 0 Å². The molecule has 0 radical (unpaired) electrons. The summed E-state index contributed by atoms with van der Waals surface area (Å²) in [6.07, 6.45) is -3.67. The van der Waals surface area contributed by atoms with Crippen molar-refractivity contribution in [2.75, 3.05) is 7.05 Å². The Bertz CT molecular complexity index is 825. The zero-order valence-electron chi connectivity index (χ0n) is 17.1. The standard InChI is InChI=1S/C21H28F3N3O/c1-14(2)12-27-16(4)18(15(3)25-27)10-11-20(28)26(5)13-17-8-6-7-9-19(17)21(22,23)24/h6-9,14H,10-13H2,1-5H3. The monoisotopic (exact) mass is 395 g/mol. The predicted octanol–water partition coefficient (Wildman–Crippen LogP) is 4.77. The molecule has 2 rings (SSSR count). The number of aromatic nitrogens is 2. The maximum absolute atomic E-state index is 13.1. The molecule has 0 saturated carbocycles. The van der Waals surface area contributed by atoms with Crippen molar-refractivity contribution in [1.82, 2.24) is 14.7 Å². The lowest BCUT2D eigenvalue weighted by Crippen LogP contribution is -2.27. The Morgan fingerprint density at radius 2 is 1.86 bits per heavy atom. The third kappa shape index (κ3) is 5.36. The number of carbonyl (C=O) groups excluding carboxylic acids is 1. The van der Waals surface area contributed by atoms with Crippen LogP contribution in [0.1, 0.15) is 48.3 Å². The molecule has 4 nitrogen and oxygen atoms in total. The molecule has 0 aliphatic rings. The topological polar surface area (TPSA) is 38.1 Å². The summed E-state index contributed by atoms with van der Waals surface area (Å²) < 4.78 is 41.4. The van der Waals surface area contributed by atoms with Gasteiger partial charge < -0.3 is 4.90 Å². The zero-order chi connectivity index (χ0) is 21.1. The summed E-state index contributed by atoms with van der Waals surface area (Å²) in [6, 6.07) is 5.37. The van der Waals surface area contributed by atoms with Crippen molar-refractivity contribution in [3.63, 3.8) is 0 Å². The number of carbonyl (C=O) groups is 1. The van der Waals surface area contributed by atoms with Crippen molar-refractivity contribution >= 4 is 5.91 Å². The van der Waals surface area contributed by atoms with Crippen LogP contribution < -0.4 is 0 Å². The summed E-state index contributed by atoms with van der Waals surface area (Å²) in [5.74, 6) is 0.278. The molecule has 0 unspecified atom stereocenters. The molecule has 0 N–H and O–H groups in total. The van der Waals surface area contributed by atoms with Crippen LogP contribution in [0, 0.1) is 19.8 Å². The molecule has 0 saturated heterocycles. The Balaban J connectivity index is 2.04. The first-order valence-corrected chi connectivity index (χ1v) is 9.42. The molecule has 154 valence electrons. The molecule has 0 aliphatic heterocycles. The van der Waals surface area contributed by atoms with Gasteiger partial charge in [0.25, 0.3) is 0 Å². The fraction of sp³-hybridized carbons (Fsp3) is 0.524. The van der Waals surface area contributed by atoms with Gasteiger partial charge in [0, 0.05) is 32.3 Å². The van der Waals surface area contributed by atoms with E-state index in [1.807, 2.05) is 18.5 Å². The highest BCUT2D eigenvalue weighted by Crippen LogP contribution is 2.32. The van der Waals surface area contributed by atoms with Gasteiger partial charge in [0.1, 0.15) is 0 Å². The molecule has 1 amide bonds. The van der Waals surface area contributed by atoms with Crippen molar-refractivity contribution < 1.29 is 18.0 Å². The summed E-state index contributed by atoms with van der Waals surface area (Å²) in [4.78, 5) is 13.9. The van der Waals surface area contributed by atoms with Gasteiger partial charge >= 0.3 is 6.18 Å². The smallest absolute Gasteiger partial charge is 0.341 e. The zero-order valence-corrected chi connectivity index (χ0v) is 17.1. The van der Waals surface area contributed by atoms with Crippen LogP contribution in [-0.2, 0) is 30.5 Å². The minimum Gasteiger partial charge on any atom is -0.341 e. The molecular formula is C21H28F3N3O. The number of benzene rings is 1. The molecule has 0 fully saturated rings. The second-order valence-electron chi connectivity index (χ2n) is 7.63. The third-order valence-corrected chi connectivity index (χ3v) is 4.81. The maximum atomic E-state index is 13.1. The number of nitrogens with zero attached hydrogens (tertiary/aromatic N) is 3. The van der Waals surface area contributed by atoms with Gasteiger partial charge in [-0.15, -0.1) is 0 Å². The third-order valence-electron chi connectivity index (χ3n) is 4.81. The fourth-order valence-corrected chi connectivity index (χ4v) is 3.32. The van der Waals surface area contributed by atoms with E-state index < -0.39 is 11.7 Å². The number of aryl methyl sites for hydroxylation is 1. The van der Waals surface area contributed by atoms with E-state index in [0.717, 1.165) is 29.6 Å². The normalized spacial score (nSPS) is 11.9. The van der Waals surface area contributed by atoms with Crippen LogP contribution in [0.15, 0.2) is 24.3 Å². The van der Waals surface area contributed by atoms with E-state index in [2.05, 4.69) is 18.9 Å². The molecule has 1 heterocycles. The van der Waals surface area contributed by atoms with Gasteiger partial charge in [-0.25, -0.2) is 0 Å². The first kappa shape index (κ1) is 22.0. The van der Waals surface area contributed by atoms with Crippen LogP contribution in [0.3, 0.4) is 0 Å². The maximum Gasteiger partial charge on any atom is 0.416 e. The molecule has 1 aromatic heterocycles. The van der Waals surface area contributed by atoms with E-state index in [-0.39, 0.29) is 24.4 Å². The quantitative estimate of drug-likeness (QED) is 0.678. The van der Waals surface area contributed by atoms with Gasteiger partial charge in [-0.2, -0.15) is 18.3 Å². The number of amides is 1. The Hall–Kier alpha value is -2.31. The van der Waals surface area contributed by atoms with Gasteiger partial charge in [0.15, 0.2) is 0 Å². The van der Waals surface area contributed by atoms with Crippen LogP contribution in [0.4, 0.5) is 13.2 Å². The summed E-state index contributed by atoms with van der Waals surface area (Å²) in [5, 5.41) is 4.55. The average molecular weight is 395 g/mol. The minimum atomic E-state index is -4.43. The number of rotatable bonds is 7. The summed E-state index contributed by atoms with van der Waals surface area (Å²) in [7, 11) is 1.54.